The highest BCUT2D eigenvalue weighted by atomic mass is 31.2. The highest BCUT2D eigenvalue weighted by Crippen LogP contribution is 2.45. The van der Waals surface area contributed by atoms with E-state index < -0.39 is 97.5 Å². The zero-order chi connectivity index (χ0) is 65.2. The summed E-state index contributed by atoms with van der Waals surface area (Å²) in [7, 11) is -9.90. The molecule has 0 aromatic rings. The molecule has 19 heteroatoms. The minimum absolute atomic E-state index is 0.106. The number of carbonyl (C=O) groups is 4. The fourth-order valence-electron chi connectivity index (χ4n) is 10.3. The van der Waals surface area contributed by atoms with Crippen LogP contribution in [0.3, 0.4) is 0 Å². The van der Waals surface area contributed by atoms with Gasteiger partial charge >= 0.3 is 39.5 Å². The van der Waals surface area contributed by atoms with Gasteiger partial charge in [-0.25, -0.2) is 9.13 Å². The second-order valence-electron chi connectivity index (χ2n) is 25.9. The molecular weight excluding hydrogens is 1160 g/mol. The van der Waals surface area contributed by atoms with E-state index in [-0.39, 0.29) is 25.7 Å². The standard InChI is InChI=1S/C69H134O17P2/c1-8-11-12-13-14-15-18-22-29-38-45-52-68(73)86-65(57-80-67(72)51-44-37-32-31-35-42-49-62(7)10-3)59-84-88(77,78)82-55-63(70)54-81-87(75,76)83-58-64(56-79-66(71)50-43-36-28-25-24-27-34-41-48-61(6)9-2)85-69(74)53-46-39-30-23-20-17-16-19-21-26-33-40-47-60(4)5/h60-65,70H,8-59H2,1-7H3,(H,75,76)(H,77,78)/t61?,62?,63-,64-,65-/m1/s1. The van der Waals surface area contributed by atoms with E-state index in [0.717, 1.165) is 114 Å². The number of unbranched alkanes of at least 4 members (excludes halogenated alkanes) is 33. The molecule has 0 saturated heterocycles. The van der Waals surface area contributed by atoms with E-state index in [2.05, 4.69) is 48.5 Å². The molecule has 0 amide bonds. The van der Waals surface area contributed by atoms with Gasteiger partial charge in [0.25, 0.3) is 0 Å². The molecule has 88 heavy (non-hydrogen) atoms. The molecule has 0 heterocycles. The summed E-state index contributed by atoms with van der Waals surface area (Å²) in [4.78, 5) is 72.5. The Balaban J connectivity index is 5.26. The molecule has 4 unspecified atom stereocenters. The lowest BCUT2D eigenvalue weighted by atomic mass is 9.99. The van der Waals surface area contributed by atoms with Crippen LogP contribution in [0.25, 0.3) is 0 Å². The molecule has 0 saturated carbocycles. The molecule has 3 N–H and O–H groups in total. The van der Waals surface area contributed by atoms with Crippen molar-refractivity contribution in [2.75, 3.05) is 39.6 Å². The van der Waals surface area contributed by atoms with Gasteiger partial charge in [0.2, 0.25) is 0 Å². The van der Waals surface area contributed by atoms with Crippen molar-refractivity contribution in [3.8, 4) is 0 Å². The lowest BCUT2D eigenvalue weighted by Crippen LogP contribution is -2.30. The number of aliphatic hydroxyl groups excluding tert-OH is 1. The first-order valence-electron chi connectivity index (χ1n) is 35.9. The Bertz CT molecular complexity index is 1740. The first-order valence-corrected chi connectivity index (χ1v) is 38.9. The molecule has 7 atom stereocenters. The number of carbonyl (C=O) groups excluding carboxylic acids is 4. The van der Waals surface area contributed by atoms with Crippen molar-refractivity contribution in [3.05, 3.63) is 0 Å². The number of esters is 4. The fraction of sp³-hybridized carbons (Fsp3) is 0.942. The van der Waals surface area contributed by atoms with E-state index in [9.17, 15) is 43.2 Å². The third-order valence-corrected chi connectivity index (χ3v) is 18.5. The van der Waals surface area contributed by atoms with Crippen molar-refractivity contribution in [1.82, 2.24) is 0 Å². The van der Waals surface area contributed by atoms with Gasteiger partial charge in [0.1, 0.15) is 19.3 Å². The van der Waals surface area contributed by atoms with Crippen LogP contribution in [-0.2, 0) is 65.4 Å². The highest BCUT2D eigenvalue weighted by Gasteiger charge is 2.30. The minimum Gasteiger partial charge on any atom is -0.462 e. The smallest absolute Gasteiger partial charge is 0.462 e. The van der Waals surface area contributed by atoms with E-state index in [0.29, 0.717) is 25.7 Å². The molecule has 0 bridgehead atoms. The van der Waals surface area contributed by atoms with Crippen LogP contribution in [0.1, 0.15) is 344 Å². The molecule has 0 spiro atoms. The van der Waals surface area contributed by atoms with Crippen molar-refractivity contribution < 1.29 is 80.2 Å². The second-order valence-corrected chi connectivity index (χ2v) is 28.8. The number of ether oxygens (including phenoxy) is 4. The molecule has 0 aliphatic carbocycles. The van der Waals surface area contributed by atoms with Gasteiger partial charge in [-0.2, -0.15) is 0 Å². The maximum atomic E-state index is 13.0. The Morgan fingerprint density at radius 2 is 0.580 bits per heavy atom. The van der Waals surface area contributed by atoms with Gasteiger partial charge in [0.15, 0.2) is 12.2 Å². The van der Waals surface area contributed by atoms with Crippen LogP contribution >= 0.6 is 15.6 Å². The first-order chi connectivity index (χ1) is 42.3. The predicted molar refractivity (Wildman–Crippen MR) is 354 cm³/mol. The number of hydrogen-bond donors (Lipinski definition) is 3. The number of phosphoric ester groups is 2. The lowest BCUT2D eigenvalue weighted by Gasteiger charge is -2.21. The monoisotopic (exact) mass is 1300 g/mol. The topological polar surface area (TPSA) is 237 Å². The van der Waals surface area contributed by atoms with Crippen molar-refractivity contribution in [2.24, 2.45) is 17.8 Å². The highest BCUT2D eigenvalue weighted by molar-refractivity contribution is 7.47. The maximum Gasteiger partial charge on any atom is 0.472 e. The van der Waals surface area contributed by atoms with Gasteiger partial charge in [0, 0.05) is 25.7 Å². The Hall–Kier alpha value is -1.94. The Morgan fingerprint density at radius 1 is 0.330 bits per heavy atom. The average Bonchev–Trinajstić information content (AvgIpc) is 3.58. The Morgan fingerprint density at radius 3 is 0.864 bits per heavy atom. The van der Waals surface area contributed by atoms with Crippen LogP contribution in [0, 0.1) is 17.8 Å². The van der Waals surface area contributed by atoms with Gasteiger partial charge in [0.05, 0.1) is 26.4 Å². The van der Waals surface area contributed by atoms with Crippen LogP contribution in [-0.4, -0.2) is 96.7 Å². The molecule has 0 radical (unpaired) electrons. The van der Waals surface area contributed by atoms with Crippen LogP contribution in [0.4, 0.5) is 0 Å². The Kier molecular flexibility index (Phi) is 58.7. The average molecular weight is 1300 g/mol. The summed E-state index contributed by atoms with van der Waals surface area (Å²) in [6.07, 6.45) is 42.9. The van der Waals surface area contributed by atoms with Gasteiger partial charge in [-0.3, -0.25) is 37.3 Å². The summed E-state index contributed by atoms with van der Waals surface area (Å²) in [5, 5.41) is 10.6. The molecular formula is C69H134O17P2. The van der Waals surface area contributed by atoms with E-state index in [4.69, 9.17) is 37.0 Å². The lowest BCUT2D eigenvalue weighted by molar-refractivity contribution is -0.161. The fourth-order valence-corrected chi connectivity index (χ4v) is 11.9. The summed E-state index contributed by atoms with van der Waals surface area (Å²) in [6, 6.07) is 0. The zero-order valence-electron chi connectivity index (χ0n) is 57.2. The van der Waals surface area contributed by atoms with E-state index in [1.54, 1.807) is 0 Å². The van der Waals surface area contributed by atoms with E-state index in [1.807, 2.05) is 0 Å². The molecule has 522 valence electrons. The number of phosphoric acid groups is 2. The Labute approximate surface area is 537 Å². The van der Waals surface area contributed by atoms with Crippen LogP contribution in [0.5, 0.6) is 0 Å². The van der Waals surface area contributed by atoms with Crippen molar-refractivity contribution in [2.45, 2.75) is 362 Å². The summed E-state index contributed by atoms with van der Waals surface area (Å²) in [6.45, 7) is 11.8. The van der Waals surface area contributed by atoms with Gasteiger partial charge in [-0.05, 0) is 43.4 Å². The summed E-state index contributed by atoms with van der Waals surface area (Å²) < 4.78 is 68.2. The van der Waals surface area contributed by atoms with E-state index in [1.165, 1.54) is 148 Å². The van der Waals surface area contributed by atoms with Crippen LogP contribution < -0.4 is 0 Å². The second kappa shape index (κ2) is 60.0. The third kappa shape index (κ3) is 60.3. The SMILES string of the molecule is CCCCCCCCCCCCCC(=O)O[C@H](COC(=O)CCCCCCCCC(C)CC)COP(=O)(O)OC[C@H](O)COP(=O)(O)OC[C@@H](COC(=O)CCCCCCCCCCC(C)CC)OC(=O)CCCCCCCCCCCCCCC(C)C. The van der Waals surface area contributed by atoms with Gasteiger partial charge in [-0.1, -0.05) is 292 Å². The number of rotatable bonds is 67. The zero-order valence-corrected chi connectivity index (χ0v) is 59.0. The molecule has 0 aliphatic heterocycles. The molecule has 0 aliphatic rings. The van der Waals surface area contributed by atoms with Crippen molar-refractivity contribution in [3.63, 3.8) is 0 Å². The van der Waals surface area contributed by atoms with Crippen molar-refractivity contribution >= 4 is 39.5 Å². The van der Waals surface area contributed by atoms with Crippen LogP contribution in [0.15, 0.2) is 0 Å². The normalized spacial score (nSPS) is 14.9. The third-order valence-electron chi connectivity index (χ3n) is 16.6. The molecule has 0 fully saturated rings. The predicted octanol–water partition coefficient (Wildman–Crippen LogP) is 19.5. The van der Waals surface area contributed by atoms with E-state index >= 15 is 0 Å². The number of aliphatic hydroxyl groups is 1. The van der Waals surface area contributed by atoms with Gasteiger partial charge in [-0.15, -0.1) is 0 Å². The summed E-state index contributed by atoms with van der Waals surface area (Å²) in [5.41, 5.74) is 0. The maximum absolute atomic E-state index is 13.0. The quantitative estimate of drug-likeness (QED) is 0.0222. The molecule has 17 nitrogen and oxygen atoms in total. The minimum atomic E-state index is -4.95. The molecule has 0 rings (SSSR count). The van der Waals surface area contributed by atoms with Crippen LogP contribution in [0.2, 0.25) is 0 Å². The first kappa shape index (κ1) is 86.1. The van der Waals surface area contributed by atoms with Crippen molar-refractivity contribution in [1.29, 1.82) is 0 Å². The number of hydrogen-bond acceptors (Lipinski definition) is 15. The summed E-state index contributed by atoms with van der Waals surface area (Å²) >= 11 is 0. The van der Waals surface area contributed by atoms with Gasteiger partial charge < -0.3 is 33.8 Å². The molecule has 0 aromatic heterocycles. The summed E-state index contributed by atoms with van der Waals surface area (Å²) in [5.74, 6) is 0.157. The molecule has 0 aromatic carbocycles. The largest absolute Gasteiger partial charge is 0.472 e.